The van der Waals surface area contributed by atoms with Crippen LogP contribution >= 0.6 is 12.4 Å². The Bertz CT molecular complexity index is 508. The maximum atomic E-state index is 12.5. The molecule has 128 valence electrons. The van der Waals surface area contributed by atoms with E-state index in [4.69, 9.17) is 4.74 Å². The predicted molar refractivity (Wildman–Crippen MR) is 94.2 cm³/mol. The van der Waals surface area contributed by atoms with Gasteiger partial charge in [-0.15, -0.1) is 12.4 Å². The Hall–Kier alpha value is -1.26. The topological polar surface area (TPSA) is 41.6 Å². The lowest BCUT2D eigenvalue weighted by molar-refractivity contribution is -0.139. The Kier molecular flexibility index (Phi) is 6.31. The second-order valence-corrected chi connectivity index (χ2v) is 6.66. The van der Waals surface area contributed by atoms with Crippen LogP contribution in [0.15, 0.2) is 24.3 Å². The summed E-state index contributed by atoms with van der Waals surface area (Å²) in [5.74, 6) is 1.93. The van der Waals surface area contributed by atoms with Gasteiger partial charge in [0, 0.05) is 31.8 Å². The molecule has 4 nitrogen and oxygen atoms in total. The van der Waals surface area contributed by atoms with Gasteiger partial charge in [-0.2, -0.15) is 0 Å². The first-order chi connectivity index (χ1) is 10.6. The highest BCUT2D eigenvalue weighted by molar-refractivity contribution is 5.85. The molecule has 1 unspecified atom stereocenters. The molecule has 0 bridgehead atoms. The number of aryl methyl sites for hydroxylation is 1. The van der Waals surface area contributed by atoms with Crippen molar-refractivity contribution in [2.24, 2.45) is 11.8 Å². The summed E-state index contributed by atoms with van der Waals surface area (Å²) in [6.45, 7) is 7.76. The van der Waals surface area contributed by atoms with Gasteiger partial charge in [-0.3, -0.25) is 4.79 Å². The van der Waals surface area contributed by atoms with Crippen LogP contribution in [0.1, 0.15) is 25.3 Å². The molecule has 1 N–H and O–H groups in total. The number of ether oxygens (including phenoxy) is 1. The molecule has 1 aromatic rings. The van der Waals surface area contributed by atoms with Crippen LogP contribution in [0.5, 0.6) is 5.75 Å². The molecule has 2 aliphatic rings. The largest absolute Gasteiger partial charge is 0.490 e. The lowest BCUT2D eigenvalue weighted by atomic mass is 9.87. The first-order valence-electron chi connectivity index (χ1n) is 8.36. The van der Waals surface area contributed by atoms with Crippen LogP contribution in [0, 0.1) is 18.8 Å². The third-order valence-corrected chi connectivity index (χ3v) is 4.99. The molecule has 1 atom stereocenters. The highest BCUT2D eigenvalue weighted by Gasteiger charge is 2.33. The quantitative estimate of drug-likeness (QED) is 0.917. The van der Waals surface area contributed by atoms with Gasteiger partial charge in [0.1, 0.15) is 11.9 Å². The minimum absolute atomic E-state index is 0. The van der Waals surface area contributed by atoms with E-state index in [1.807, 2.05) is 17.0 Å². The molecule has 2 aliphatic heterocycles. The van der Waals surface area contributed by atoms with Gasteiger partial charge in [-0.25, -0.2) is 0 Å². The van der Waals surface area contributed by atoms with Crippen LogP contribution in [0.3, 0.4) is 0 Å². The molecule has 0 saturated carbocycles. The number of halogens is 1. The van der Waals surface area contributed by atoms with Crippen molar-refractivity contribution in [3.8, 4) is 5.75 Å². The molecular formula is C18H27ClN2O2. The zero-order chi connectivity index (χ0) is 15.5. The highest BCUT2D eigenvalue weighted by atomic mass is 35.5. The van der Waals surface area contributed by atoms with Crippen molar-refractivity contribution in [2.75, 3.05) is 26.2 Å². The number of amides is 1. The molecule has 3 rings (SSSR count). The first kappa shape index (κ1) is 18.1. The van der Waals surface area contributed by atoms with Gasteiger partial charge in [0.15, 0.2) is 0 Å². The average Bonchev–Trinajstić information content (AvgIpc) is 2.48. The minimum atomic E-state index is 0. The fourth-order valence-electron chi connectivity index (χ4n) is 3.16. The number of hydrogen-bond donors (Lipinski definition) is 1. The van der Waals surface area contributed by atoms with E-state index in [0.29, 0.717) is 11.8 Å². The lowest BCUT2D eigenvalue weighted by Crippen LogP contribution is -2.52. The predicted octanol–water partition coefficient (Wildman–Crippen LogP) is 2.64. The monoisotopic (exact) mass is 338 g/mol. The number of nitrogens with one attached hydrogen (secondary N) is 1. The second-order valence-electron chi connectivity index (χ2n) is 6.66. The Labute approximate surface area is 145 Å². The van der Waals surface area contributed by atoms with Gasteiger partial charge in [-0.1, -0.05) is 24.6 Å². The van der Waals surface area contributed by atoms with Gasteiger partial charge in [-0.05, 0) is 38.1 Å². The van der Waals surface area contributed by atoms with Gasteiger partial charge in [0.05, 0.1) is 0 Å². The zero-order valence-corrected chi connectivity index (χ0v) is 14.8. The summed E-state index contributed by atoms with van der Waals surface area (Å²) in [4.78, 5) is 14.5. The molecule has 1 amide bonds. The SMILES string of the molecule is Cc1ccc(OC2CCN(C(=O)C(C)C3CNC3)CC2)cc1.Cl. The van der Waals surface area contributed by atoms with Crippen LogP contribution in [0.25, 0.3) is 0 Å². The van der Waals surface area contributed by atoms with Crippen molar-refractivity contribution in [1.82, 2.24) is 10.2 Å². The van der Waals surface area contributed by atoms with E-state index in [-0.39, 0.29) is 24.4 Å². The summed E-state index contributed by atoms with van der Waals surface area (Å²) in [7, 11) is 0. The normalized spacial score (nSPS) is 20.3. The maximum absolute atomic E-state index is 12.5. The molecule has 2 saturated heterocycles. The number of benzene rings is 1. The van der Waals surface area contributed by atoms with E-state index in [9.17, 15) is 4.79 Å². The van der Waals surface area contributed by atoms with Gasteiger partial charge in [0.2, 0.25) is 5.91 Å². The number of rotatable bonds is 4. The number of carbonyl (C=O) groups is 1. The van der Waals surface area contributed by atoms with Gasteiger partial charge in [0.25, 0.3) is 0 Å². The molecule has 1 aromatic carbocycles. The number of carbonyl (C=O) groups excluding carboxylic acids is 1. The standard InChI is InChI=1S/C18H26N2O2.ClH/c1-13-3-5-16(6-4-13)22-17-7-9-20(10-8-17)18(21)14(2)15-11-19-12-15;/h3-6,14-15,17,19H,7-12H2,1-2H3;1H. The van der Waals surface area contributed by atoms with Crippen molar-refractivity contribution in [3.05, 3.63) is 29.8 Å². The van der Waals surface area contributed by atoms with Crippen LogP contribution in [0.2, 0.25) is 0 Å². The summed E-state index contributed by atoms with van der Waals surface area (Å²) in [6.07, 6.45) is 2.08. The van der Waals surface area contributed by atoms with Gasteiger partial charge >= 0.3 is 0 Å². The summed E-state index contributed by atoms with van der Waals surface area (Å²) < 4.78 is 6.03. The Morgan fingerprint density at radius 2 is 1.83 bits per heavy atom. The number of piperidine rings is 1. The van der Waals surface area contributed by atoms with Gasteiger partial charge < -0.3 is 15.0 Å². The molecular weight excluding hydrogens is 312 g/mol. The van der Waals surface area contributed by atoms with Crippen molar-refractivity contribution >= 4 is 18.3 Å². The van der Waals surface area contributed by atoms with Crippen LogP contribution < -0.4 is 10.1 Å². The second kappa shape index (κ2) is 8.02. The first-order valence-corrected chi connectivity index (χ1v) is 8.36. The summed E-state index contributed by atoms with van der Waals surface area (Å²) in [6, 6.07) is 8.20. The molecule has 0 aliphatic carbocycles. The molecule has 0 radical (unpaired) electrons. The summed E-state index contributed by atoms with van der Waals surface area (Å²) >= 11 is 0. The average molecular weight is 339 g/mol. The molecule has 0 spiro atoms. The molecule has 23 heavy (non-hydrogen) atoms. The van der Waals surface area contributed by atoms with E-state index in [1.54, 1.807) is 0 Å². The highest BCUT2D eigenvalue weighted by Crippen LogP contribution is 2.23. The molecule has 2 fully saturated rings. The smallest absolute Gasteiger partial charge is 0.225 e. The molecule has 2 heterocycles. The summed E-state index contributed by atoms with van der Waals surface area (Å²) in [5.41, 5.74) is 1.24. The van der Waals surface area contributed by atoms with E-state index >= 15 is 0 Å². The molecule has 0 aromatic heterocycles. The van der Waals surface area contributed by atoms with Crippen LogP contribution in [-0.2, 0) is 4.79 Å². The Morgan fingerprint density at radius 3 is 2.35 bits per heavy atom. The fourth-order valence-corrected chi connectivity index (χ4v) is 3.16. The zero-order valence-electron chi connectivity index (χ0n) is 14.0. The van der Waals surface area contributed by atoms with E-state index < -0.39 is 0 Å². The fraction of sp³-hybridized carbons (Fsp3) is 0.611. The van der Waals surface area contributed by atoms with Crippen molar-refractivity contribution in [2.45, 2.75) is 32.8 Å². The Balaban J connectivity index is 0.00000192. The third-order valence-electron chi connectivity index (χ3n) is 4.99. The van der Waals surface area contributed by atoms with E-state index in [2.05, 4.69) is 31.3 Å². The number of nitrogens with zero attached hydrogens (tertiary/aromatic N) is 1. The van der Waals surface area contributed by atoms with Crippen molar-refractivity contribution in [1.29, 1.82) is 0 Å². The van der Waals surface area contributed by atoms with Crippen molar-refractivity contribution < 1.29 is 9.53 Å². The van der Waals surface area contributed by atoms with Crippen LogP contribution in [0.4, 0.5) is 0 Å². The number of hydrogen-bond acceptors (Lipinski definition) is 3. The van der Waals surface area contributed by atoms with Crippen LogP contribution in [-0.4, -0.2) is 43.1 Å². The molecule has 5 heteroatoms. The van der Waals surface area contributed by atoms with Crippen molar-refractivity contribution in [3.63, 3.8) is 0 Å². The maximum Gasteiger partial charge on any atom is 0.225 e. The summed E-state index contributed by atoms with van der Waals surface area (Å²) in [5, 5.41) is 3.25. The minimum Gasteiger partial charge on any atom is -0.490 e. The third kappa shape index (κ3) is 4.39. The Morgan fingerprint density at radius 1 is 1.22 bits per heavy atom. The van der Waals surface area contributed by atoms with E-state index in [0.717, 1.165) is 44.8 Å². The number of likely N-dealkylation sites (tertiary alicyclic amines) is 1. The van der Waals surface area contributed by atoms with E-state index in [1.165, 1.54) is 5.56 Å². The lowest BCUT2D eigenvalue weighted by Gasteiger charge is -2.38.